The Hall–Kier alpha value is -2.95. The third-order valence-electron chi connectivity index (χ3n) is 5.04. The molecule has 0 amide bonds. The normalized spacial score (nSPS) is 10.9. The Kier molecular flexibility index (Phi) is 6.24. The summed E-state index contributed by atoms with van der Waals surface area (Å²) in [5, 5.41) is 3.33. The number of anilines is 3. The van der Waals surface area contributed by atoms with E-state index in [9.17, 15) is 4.79 Å². The number of aromatic nitrogens is 2. The monoisotopic (exact) mass is 378 g/mol. The van der Waals surface area contributed by atoms with Crippen molar-refractivity contribution in [3.63, 3.8) is 0 Å². The minimum Gasteiger partial charge on any atom is -0.372 e. The largest absolute Gasteiger partial charge is 0.372 e. The van der Waals surface area contributed by atoms with Gasteiger partial charge in [0.15, 0.2) is 0 Å². The molecule has 28 heavy (non-hydrogen) atoms. The Bertz CT molecular complexity index is 949. The zero-order valence-corrected chi connectivity index (χ0v) is 17.3. The standard InChI is InChI=1S/C23H30N4O/c1-5-16-26(17-6-2)20-14-12-19(13-15-20)24-22-18(3)25(4)27(23(22)28)21-10-8-7-9-11-21/h7-15,24H,5-6,16-17H2,1-4H3. The Labute approximate surface area is 167 Å². The van der Waals surface area contributed by atoms with Crippen LogP contribution in [0.4, 0.5) is 17.1 Å². The van der Waals surface area contributed by atoms with E-state index in [1.165, 1.54) is 5.69 Å². The van der Waals surface area contributed by atoms with Crippen LogP contribution in [0, 0.1) is 6.92 Å². The summed E-state index contributed by atoms with van der Waals surface area (Å²) in [6.45, 7) is 8.48. The zero-order chi connectivity index (χ0) is 20.1. The first-order chi connectivity index (χ1) is 13.6. The van der Waals surface area contributed by atoms with E-state index in [1.54, 1.807) is 4.68 Å². The van der Waals surface area contributed by atoms with Crippen LogP contribution in [0.15, 0.2) is 59.4 Å². The van der Waals surface area contributed by atoms with Crippen molar-refractivity contribution in [2.24, 2.45) is 7.05 Å². The van der Waals surface area contributed by atoms with Gasteiger partial charge >= 0.3 is 0 Å². The van der Waals surface area contributed by atoms with Crippen LogP contribution in [0.25, 0.3) is 5.69 Å². The maximum Gasteiger partial charge on any atom is 0.295 e. The predicted octanol–water partition coefficient (Wildman–Crippen LogP) is 4.85. The Morgan fingerprint density at radius 2 is 1.54 bits per heavy atom. The summed E-state index contributed by atoms with van der Waals surface area (Å²) in [5.41, 5.74) is 4.46. The lowest BCUT2D eigenvalue weighted by Gasteiger charge is -2.24. The molecule has 2 aromatic carbocycles. The van der Waals surface area contributed by atoms with E-state index in [2.05, 4.69) is 36.2 Å². The number of benzene rings is 2. The lowest BCUT2D eigenvalue weighted by Crippen LogP contribution is -2.24. The van der Waals surface area contributed by atoms with Crippen LogP contribution >= 0.6 is 0 Å². The predicted molar refractivity (Wildman–Crippen MR) is 118 cm³/mol. The summed E-state index contributed by atoms with van der Waals surface area (Å²) in [7, 11) is 1.91. The van der Waals surface area contributed by atoms with Crippen molar-refractivity contribution in [1.82, 2.24) is 9.36 Å². The minimum atomic E-state index is -0.0473. The smallest absolute Gasteiger partial charge is 0.295 e. The van der Waals surface area contributed by atoms with Gasteiger partial charge in [0.05, 0.1) is 11.4 Å². The van der Waals surface area contributed by atoms with E-state index >= 15 is 0 Å². The van der Waals surface area contributed by atoms with E-state index in [4.69, 9.17) is 0 Å². The highest BCUT2D eigenvalue weighted by atomic mass is 16.1. The van der Waals surface area contributed by atoms with Gasteiger partial charge in [-0.15, -0.1) is 0 Å². The Morgan fingerprint density at radius 1 is 0.929 bits per heavy atom. The molecule has 5 nitrogen and oxygen atoms in total. The van der Waals surface area contributed by atoms with E-state index in [1.807, 2.05) is 61.1 Å². The van der Waals surface area contributed by atoms with E-state index < -0.39 is 0 Å². The fourth-order valence-corrected chi connectivity index (χ4v) is 3.52. The molecular formula is C23H30N4O. The molecular weight excluding hydrogens is 348 g/mol. The SMILES string of the molecule is CCCN(CCC)c1ccc(Nc2c(C)n(C)n(-c3ccccc3)c2=O)cc1. The summed E-state index contributed by atoms with van der Waals surface area (Å²) in [4.78, 5) is 15.4. The Balaban J connectivity index is 1.87. The van der Waals surface area contributed by atoms with Gasteiger partial charge in [-0.2, -0.15) is 0 Å². The quantitative estimate of drug-likeness (QED) is 0.609. The van der Waals surface area contributed by atoms with Gasteiger partial charge in [0.1, 0.15) is 5.69 Å². The zero-order valence-electron chi connectivity index (χ0n) is 17.3. The molecule has 0 bridgehead atoms. The minimum absolute atomic E-state index is 0.0473. The molecule has 1 aromatic heterocycles. The van der Waals surface area contributed by atoms with Crippen molar-refractivity contribution in [3.8, 4) is 5.69 Å². The van der Waals surface area contributed by atoms with Gasteiger partial charge < -0.3 is 10.2 Å². The lowest BCUT2D eigenvalue weighted by molar-refractivity contribution is 0.630. The second-order valence-corrected chi connectivity index (χ2v) is 7.10. The van der Waals surface area contributed by atoms with Gasteiger partial charge in [-0.25, -0.2) is 4.68 Å². The van der Waals surface area contributed by atoms with Crippen molar-refractivity contribution in [2.45, 2.75) is 33.6 Å². The molecule has 0 fully saturated rings. The molecule has 0 saturated carbocycles. The van der Waals surface area contributed by atoms with E-state index in [0.29, 0.717) is 5.69 Å². The topological polar surface area (TPSA) is 42.2 Å². The molecule has 0 atom stereocenters. The third-order valence-corrected chi connectivity index (χ3v) is 5.04. The molecule has 1 heterocycles. The van der Waals surface area contributed by atoms with Crippen LogP contribution in [0.2, 0.25) is 0 Å². The summed E-state index contributed by atoms with van der Waals surface area (Å²) in [6, 6.07) is 18.1. The molecule has 148 valence electrons. The van der Waals surface area contributed by atoms with Crippen LogP contribution in [-0.2, 0) is 7.05 Å². The molecule has 0 radical (unpaired) electrons. The molecule has 0 aliphatic heterocycles. The Morgan fingerprint density at radius 3 is 2.11 bits per heavy atom. The van der Waals surface area contributed by atoms with Gasteiger partial charge in [-0.1, -0.05) is 32.0 Å². The molecule has 3 aromatic rings. The second-order valence-electron chi connectivity index (χ2n) is 7.10. The van der Waals surface area contributed by atoms with Crippen LogP contribution in [-0.4, -0.2) is 22.5 Å². The first-order valence-electron chi connectivity index (χ1n) is 10.0. The molecule has 3 rings (SSSR count). The molecule has 5 heteroatoms. The highest BCUT2D eigenvalue weighted by Gasteiger charge is 2.16. The fraction of sp³-hybridized carbons (Fsp3) is 0.348. The van der Waals surface area contributed by atoms with Crippen molar-refractivity contribution in [3.05, 3.63) is 70.6 Å². The van der Waals surface area contributed by atoms with Crippen molar-refractivity contribution >= 4 is 17.1 Å². The van der Waals surface area contributed by atoms with E-state index in [0.717, 1.165) is 43.0 Å². The van der Waals surface area contributed by atoms with Crippen molar-refractivity contribution < 1.29 is 0 Å². The molecule has 0 saturated heterocycles. The number of nitrogens with one attached hydrogen (secondary N) is 1. The number of para-hydroxylation sites is 1. The maximum absolute atomic E-state index is 13.0. The highest BCUT2D eigenvalue weighted by Crippen LogP contribution is 2.23. The number of hydrogen-bond donors (Lipinski definition) is 1. The average Bonchev–Trinajstić information content (AvgIpc) is 2.92. The number of hydrogen-bond acceptors (Lipinski definition) is 3. The summed E-state index contributed by atoms with van der Waals surface area (Å²) < 4.78 is 3.58. The molecule has 0 unspecified atom stereocenters. The summed E-state index contributed by atoms with van der Waals surface area (Å²) >= 11 is 0. The first kappa shape index (κ1) is 19.8. The van der Waals surface area contributed by atoms with Gasteiger partial charge in [-0.05, 0) is 56.2 Å². The summed E-state index contributed by atoms with van der Waals surface area (Å²) in [5.74, 6) is 0. The fourth-order valence-electron chi connectivity index (χ4n) is 3.52. The van der Waals surface area contributed by atoms with Crippen LogP contribution in [0.5, 0.6) is 0 Å². The molecule has 0 spiro atoms. The molecule has 0 aliphatic rings. The van der Waals surface area contributed by atoms with Crippen LogP contribution in [0.1, 0.15) is 32.4 Å². The third kappa shape index (κ3) is 3.98. The maximum atomic E-state index is 13.0. The van der Waals surface area contributed by atoms with E-state index in [-0.39, 0.29) is 5.56 Å². The van der Waals surface area contributed by atoms with Crippen molar-refractivity contribution in [1.29, 1.82) is 0 Å². The molecule has 0 aliphatic carbocycles. The number of nitrogens with zero attached hydrogens (tertiary/aromatic N) is 3. The first-order valence-corrected chi connectivity index (χ1v) is 10.0. The van der Waals surface area contributed by atoms with Crippen LogP contribution in [0.3, 0.4) is 0 Å². The second kappa shape index (κ2) is 8.83. The lowest BCUT2D eigenvalue weighted by atomic mass is 10.2. The summed E-state index contributed by atoms with van der Waals surface area (Å²) in [6.07, 6.45) is 2.25. The van der Waals surface area contributed by atoms with Gasteiger partial charge in [0, 0.05) is 31.5 Å². The van der Waals surface area contributed by atoms with Gasteiger partial charge in [-0.3, -0.25) is 9.48 Å². The molecule has 1 N–H and O–H groups in total. The highest BCUT2D eigenvalue weighted by molar-refractivity contribution is 5.64. The van der Waals surface area contributed by atoms with Crippen LogP contribution < -0.4 is 15.8 Å². The number of rotatable bonds is 8. The average molecular weight is 379 g/mol. The van der Waals surface area contributed by atoms with Gasteiger partial charge in [0.25, 0.3) is 5.56 Å². The van der Waals surface area contributed by atoms with Gasteiger partial charge in [0.2, 0.25) is 0 Å². The van der Waals surface area contributed by atoms with Crippen molar-refractivity contribution in [2.75, 3.05) is 23.3 Å².